The van der Waals surface area contributed by atoms with Crippen LogP contribution in [0.1, 0.15) is 45.2 Å². The highest BCUT2D eigenvalue weighted by molar-refractivity contribution is 5.95. The van der Waals surface area contributed by atoms with Crippen molar-refractivity contribution in [1.82, 2.24) is 29.7 Å². The number of rotatable bonds is 4. The molecule has 2 atom stereocenters. The molecular formula is C33H43N9O2. The van der Waals surface area contributed by atoms with E-state index in [1.807, 2.05) is 45.3 Å². The van der Waals surface area contributed by atoms with Crippen molar-refractivity contribution >= 4 is 28.6 Å². The number of piperazine rings is 2. The number of ether oxygens (including phenoxy) is 1. The number of hydrogen-bond donors (Lipinski definition) is 0. The van der Waals surface area contributed by atoms with Crippen LogP contribution in [-0.4, -0.2) is 112 Å². The van der Waals surface area contributed by atoms with Gasteiger partial charge in [0, 0.05) is 113 Å². The van der Waals surface area contributed by atoms with Gasteiger partial charge in [0.05, 0.1) is 11.1 Å². The first-order valence-electron chi connectivity index (χ1n) is 15.7. The number of nitrogens with zero attached hydrogens (tertiary/aromatic N) is 9. The molecule has 0 N–H and O–H groups in total. The van der Waals surface area contributed by atoms with Gasteiger partial charge in [-0.25, -0.2) is 14.8 Å². The van der Waals surface area contributed by atoms with Crippen molar-refractivity contribution in [2.45, 2.75) is 58.3 Å². The molecule has 11 nitrogen and oxygen atoms in total. The SMILES string of the molecule is C[C@@H]1CN(c2ccc(C#N)c3ncccc23)C[C@@H]2CCN(Cc3cnc(N4CCN(C(=O)OC(C)(C)C)CC4)nc3)CCN21. The molecule has 0 bridgehead atoms. The van der Waals surface area contributed by atoms with Gasteiger partial charge < -0.3 is 19.4 Å². The van der Waals surface area contributed by atoms with Gasteiger partial charge in [-0.15, -0.1) is 0 Å². The first-order valence-corrected chi connectivity index (χ1v) is 15.7. The normalized spacial score (nSPS) is 21.9. The topological polar surface area (TPSA) is 105 Å². The van der Waals surface area contributed by atoms with Crippen molar-refractivity contribution in [2.75, 3.05) is 68.7 Å². The van der Waals surface area contributed by atoms with Crippen molar-refractivity contribution < 1.29 is 9.53 Å². The van der Waals surface area contributed by atoms with E-state index >= 15 is 0 Å². The maximum Gasteiger partial charge on any atom is 0.410 e. The Morgan fingerprint density at radius 3 is 2.48 bits per heavy atom. The number of hydrogen-bond acceptors (Lipinski definition) is 10. The molecule has 232 valence electrons. The molecule has 0 unspecified atom stereocenters. The Bertz CT molecular complexity index is 1510. The third-order valence-electron chi connectivity index (χ3n) is 8.92. The summed E-state index contributed by atoms with van der Waals surface area (Å²) in [6.45, 7) is 16.4. The fraction of sp³-hybridized carbons (Fsp3) is 0.545. The van der Waals surface area contributed by atoms with Crippen LogP contribution < -0.4 is 9.80 Å². The minimum Gasteiger partial charge on any atom is -0.444 e. The Morgan fingerprint density at radius 1 is 0.977 bits per heavy atom. The highest BCUT2D eigenvalue weighted by Gasteiger charge is 2.35. The maximum atomic E-state index is 12.4. The van der Waals surface area contributed by atoms with Gasteiger partial charge in [-0.05, 0) is 58.4 Å². The standard InChI is InChI=1S/C33H43N9O2/c1-24-21-41(29-8-7-26(18-34)30-28(29)6-5-10-35-30)23-27-9-11-38(12-17-42(24)27)22-25-19-36-31(37-20-25)39-13-15-40(16-14-39)32(43)44-33(2,3)4/h5-8,10,19-20,24,27H,9,11-17,21-23H2,1-4H3/t24-,27+/m1/s1. The van der Waals surface area contributed by atoms with Crippen molar-refractivity contribution in [3.05, 3.63) is 54.0 Å². The van der Waals surface area contributed by atoms with E-state index in [4.69, 9.17) is 14.7 Å². The lowest BCUT2D eigenvalue weighted by atomic mass is 10.0. The molecule has 3 aliphatic heterocycles. The van der Waals surface area contributed by atoms with Gasteiger partial charge in [-0.3, -0.25) is 14.8 Å². The lowest BCUT2D eigenvalue weighted by Crippen LogP contribution is -2.58. The molecule has 0 aliphatic carbocycles. The number of aromatic nitrogens is 3. The summed E-state index contributed by atoms with van der Waals surface area (Å²) in [5, 5.41) is 10.6. The van der Waals surface area contributed by atoms with E-state index in [2.05, 4.69) is 49.7 Å². The molecule has 3 fully saturated rings. The smallest absolute Gasteiger partial charge is 0.410 e. The summed E-state index contributed by atoms with van der Waals surface area (Å²) >= 11 is 0. The highest BCUT2D eigenvalue weighted by Crippen LogP contribution is 2.32. The van der Waals surface area contributed by atoms with E-state index in [-0.39, 0.29) is 6.09 Å². The first kappa shape index (κ1) is 30.0. The molecular weight excluding hydrogens is 554 g/mol. The van der Waals surface area contributed by atoms with Crippen LogP contribution in [0.4, 0.5) is 16.4 Å². The number of anilines is 2. The van der Waals surface area contributed by atoms with Gasteiger partial charge in [0.15, 0.2) is 0 Å². The molecule has 5 heterocycles. The molecule has 1 aromatic carbocycles. The van der Waals surface area contributed by atoms with Crippen molar-refractivity contribution in [2.24, 2.45) is 0 Å². The number of nitriles is 1. The second kappa shape index (κ2) is 12.5. The summed E-state index contributed by atoms with van der Waals surface area (Å²) in [6, 6.07) is 11.2. The third-order valence-corrected chi connectivity index (χ3v) is 8.92. The van der Waals surface area contributed by atoms with Crippen LogP contribution in [0.3, 0.4) is 0 Å². The van der Waals surface area contributed by atoms with Gasteiger partial charge in [-0.1, -0.05) is 0 Å². The van der Waals surface area contributed by atoms with E-state index in [1.54, 1.807) is 11.1 Å². The quantitative estimate of drug-likeness (QED) is 0.442. The fourth-order valence-corrected chi connectivity index (χ4v) is 6.72. The number of carbonyl (C=O) groups excluding carboxylic acids is 1. The van der Waals surface area contributed by atoms with Gasteiger partial charge in [-0.2, -0.15) is 5.26 Å². The van der Waals surface area contributed by atoms with Gasteiger partial charge in [0.1, 0.15) is 11.7 Å². The Morgan fingerprint density at radius 2 is 1.75 bits per heavy atom. The largest absolute Gasteiger partial charge is 0.444 e. The Hall–Kier alpha value is -4.01. The molecule has 2 aromatic heterocycles. The van der Waals surface area contributed by atoms with Crippen LogP contribution in [-0.2, 0) is 11.3 Å². The van der Waals surface area contributed by atoms with E-state index in [9.17, 15) is 10.1 Å². The molecule has 3 saturated heterocycles. The Labute approximate surface area is 260 Å². The Balaban J connectivity index is 1.04. The molecule has 0 saturated carbocycles. The first-order chi connectivity index (χ1) is 21.2. The number of pyridine rings is 1. The summed E-state index contributed by atoms with van der Waals surface area (Å²) in [5.41, 5.74) is 3.20. The average Bonchev–Trinajstić information content (AvgIpc) is 3.22. The van der Waals surface area contributed by atoms with Crippen LogP contribution >= 0.6 is 0 Å². The van der Waals surface area contributed by atoms with Crippen LogP contribution in [0, 0.1) is 11.3 Å². The zero-order valence-electron chi connectivity index (χ0n) is 26.3. The van der Waals surface area contributed by atoms with Gasteiger partial charge in [0.2, 0.25) is 5.95 Å². The molecule has 11 heteroatoms. The third kappa shape index (κ3) is 6.56. The molecule has 44 heavy (non-hydrogen) atoms. The predicted molar refractivity (Wildman–Crippen MR) is 171 cm³/mol. The van der Waals surface area contributed by atoms with Crippen LogP contribution in [0.2, 0.25) is 0 Å². The summed E-state index contributed by atoms with van der Waals surface area (Å²) < 4.78 is 5.52. The molecule has 3 aromatic rings. The minimum absolute atomic E-state index is 0.260. The summed E-state index contributed by atoms with van der Waals surface area (Å²) in [4.78, 5) is 37.9. The van der Waals surface area contributed by atoms with E-state index in [1.165, 1.54) is 5.69 Å². The minimum atomic E-state index is -0.492. The van der Waals surface area contributed by atoms with Crippen molar-refractivity contribution in [3.63, 3.8) is 0 Å². The zero-order valence-corrected chi connectivity index (χ0v) is 26.3. The maximum absolute atomic E-state index is 12.4. The second-order valence-corrected chi connectivity index (χ2v) is 13.2. The zero-order chi connectivity index (χ0) is 30.8. The van der Waals surface area contributed by atoms with E-state index in [0.717, 1.165) is 62.2 Å². The molecule has 0 spiro atoms. The predicted octanol–water partition coefficient (Wildman–Crippen LogP) is 3.74. The lowest BCUT2D eigenvalue weighted by molar-refractivity contribution is 0.0240. The Kier molecular flexibility index (Phi) is 8.56. The average molecular weight is 598 g/mol. The number of benzene rings is 1. The van der Waals surface area contributed by atoms with Crippen molar-refractivity contribution in [1.29, 1.82) is 5.26 Å². The highest BCUT2D eigenvalue weighted by atomic mass is 16.6. The van der Waals surface area contributed by atoms with Crippen LogP contribution in [0.15, 0.2) is 42.9 Å². The summed E-state index contributed by atoms with van der Waals surface area (Å²) in [7, 11) is 0. The summed E-state index contributed by atoms with van der Waals surface area (Å²) in [6.07, 6.45) is 6.50. The lowest BCUT2D eigenvalue weighted by Gasteiger charge is -2.46. The van der Waals surface area contributed by atoms with Crippen LogP contribution in [0.25, 0.3) is 10.9 Å². The van der Waals surface area contributed by atoms with E-state index < -0.39 is 5.60 Å². The number of amides is 1. The second-order valence-electron chi connectivity index (χ2n) is 13.2. The molecule has 1 amide bonds. The molecule has 3 aliphatic rings. The van der Waals surface area contributed by atoms with Crippen molar-refractivity contribution in [3.8, 4) is 6.07 Å². The summed E-state index contributed by atoms with van der Waals surface area (Å²) in [5.74, 6) is 0.713. The monoisotopic (exact) mass is 597 g/mol. The molecule has 0 radical (unpaired) electrons. The van der Waals surface area contributed by atoms with Gasteiger partial charge >= 0.3 is 6.09 Å². The van der Waals surface area contributed by atoms with E-state index in [0.29, 0.717) is 49.8 Å². The number of fused-ring (bicyclic) bond motifs is 2. The van der Waals surface area contributed by atoms with Gasteiger partial charge in [0.25, 0.3) is 0 Å². The molecule has 6 rings (SSSR count). The fourth-order valence-electron chi connectivity index (χ4n) is 6.72. The number of carbonyl (C=O) groups is 1. The van der Waals surface area contributed by atoms with Crippen LogP contribution in [0.5, 0.6) is 0 Å².